The second kappa shape index (κ2) is 11.2. The highest BCUT2D eigenvalue weighted by Gasteiger charge is 2.53. The Kier molecular flexibility index (Phi) is 7.92. The summed E-state index contributed by atoms with van der Waals surface area (Å²) < 4.78 is 28.0. The fraction of sp³-hybridized carbons (Fsp3) is 0.423. The number of aromatic hydroxyl groups is 4. The molecule has 0 unspecified atom stereocenters. The van der Waals surface area contributed by atoms with Gasteiger partial charge in [0.2, 0.25) is 17.5 Å². The van der Waals surface area contributed by atoms with Crippen LogP contribution in [0.15, 0.2) is 39.5 Å². The van der Waals surface area contributed by atoms with Crippen LogP contribution in [0.2, 0.25) is 0 Å². The molecule has 2 aliphatic heterocycles. The summed E-state index contributed by atoms with van der Waals surface area (Å²) in [5.41, 5.74) is -3.51. The van der Waals surface area contributed by atoms with Crippen LogP contribution in [0.25, 0.3) is 22.3 Å². The lowest BCUT2D eigenvalue weighted by molar-refractivity contribution is -0.319. The van der Waals surface area contributed by atoms with Gasteiger partial charge in [-0.15, -0.1) is 0 Å². The maximum atomic E-state index is 13.7. The number of ether oxygens (including phenoxy) is 4. The van der Waals surface area contributed by atoms with Gasteiger partial charge in [-0.2, -0.15) is 0 Å². The van der Waals surface area contributed by atoms with Crippen molar-refractivity contribution in [3.63, 3.8) is 0 Å². The van der Waals surface area contributed by atoms with Gasteiger partial charge in [-0.3, -0.25) is 4.79 Å². The second-order valence-corrected chi connectivity index (χ2v) is 9.94. The Morgan fingerprint density at radius 3 is 2.31 bits per heavy atom. The molecule has 1 aromatic heterocycles. The first-order valence-corrected chi connectivity index (χ1v) is 12.5. The highest BCUT2D eigenvalue weighted by molar-refractivity contribution is 5.88. The van der Waals surface area contributed by atoms with Crippen molar-refractivity contribution in [2.45, 2.75) is 48.7 Å². The van der Waals surface area contributed by atoms with E-state index < -0.39 is 114 Å². The van der Waals surface area contributed by atoms with Crippen LogP contribution in [-0.4, -0.2) is 120 Å². The van der Waals surface area contributed by atoms with E-state index in [4.69, 9.17) is 23.4 Å². The quantitative estimate of drug-likeness (QED) is 0.131. The van der Waals surface area contributed by atoms with Gasteiger partial charge < -0.3 is 74.4 Å². The molecule has 2 saturated heterocycles. The summed E-state index contributed by atoms with van der Waals surface area (Å²) >= 11 is 0. The number of phenols is 4. The van der Waals surface area contributed by atoms with Gasteiger partial charge in [0, 0.05) is 17.7 Å². The predicted molar refractivity (Wildman–Crippen MR) is 136 cm³/mol. The molecule has 16 nitrogen and oxygen atoms in total. The molecule has 0 amide bonds. The molecule has 3 heterocycles. The molecule has 228 valence electrons. The number of hydrogen-bond donors (Lipinski definition) is 10. The first-order chi connectivity index (χ1) is 19.9. The van der Waals surface area contributed by atoms with Crippen LogP contribution in [0.5, 0.6) is 28.7 Å². The van der Waals surface area contributed by atoms with E-state index >= 15 is 0 Å². The first-order valence-electron chi connectivity index (χ1n) is 12.5. The molecule has 2 aliphatic rings. The highest BCUT2D eigenvalue weighted by Crippen LogP contribution is 2.40. The molecule has 8 atom stereocenters. The summed E-state index contributed by atoms with van der Waals surface area (Å²) in [6.07, 6.45) is -12.3. The van der Waals surface area contributed by atoms with Crippen LogP contribution in [0.3, 0.4) is 0 Å². The molecule has 0 radical (unpaired) electrons. The normalized spacial score (nSPS) is 31.4. The maximum Gasteiger partial charge on any atom is 0.239 e. The molecular formula is C26H28O16. The van der Waals surface area contributed by atoms with Crippen molar-refractivity contribution in [2.75, 3.05) is 19.8 Å². The third-order valence-corrected chi connectivity index (χ3v) is 7.08. The monoisotopic (exact) mass is 596 g/mol. The van der Waals surface area contributed by atoms with Gasteiger partial charge in [-0.05, 0) is 18.2 Å². The fourth-order valence-electron chi connectivity index (χ4n) is 4.71. The van der Waals surface area contributed by atoms with Crippen LogP contribution in [-0.2, 0) is 14.2 Å². The molecule has 5 rings (SSSR count). The van der Waals surface area contributed by atoms with Crippen LogP contribution >= 0.6 is 0 Å². The molecule has 0 bridgehead atoms. The standard InChI is InChI=1S/C26H28O16/c27-6-15-17(33)19(35)22(42-25-23(36)26(37,7-28)8-38-25)24(40-15)41-21-18(34)16-13(32)4-10(29)5-14(16)39-20(21)9-1-2-11(30)12(31)3-9/h1-5,15,17,19,22-25,27-33,35-37H,6-8H2/t15-,17+,19+,22+,23-,24+,25-,26+/m0/s1. The van der Waals surface area contributed by atoms with E-state index in [2.05, 4.69) is 0 Å². The van der Waals surface area contributed by atoms with E-state index in [9.17, 15) is 55.9 Å². The van der Waals surface area contributed by atoms with Crippen LogP contribution in [0, 0.1) is 0 Å². The van der Waals surface area contributed by atoms with Crippen molar-refractivity contribution in [2.24, 2.45) is 0 Å². The molecule has 0 saturated carbocycles. The fourth-order valence-corrected chi connectivity index (χ4v) is 4.71. The van der Waals surface area contributed by atoms with Gasteiger partial charge in [0.25, 0.3) is 0 Å². The van der Waals surface area contributed by atoms with Crippen molar-refractivity contribution < 1.29 is 74.4 Å². The summed E-state index contributed by atoms with van der Waals surface area (Å²) in [6.45, 7) is -2.31. The topological polar surface area (TPSA) is 269 Å². The van der Waals surface area contributed by atoms with E-state index in [0.29, 0.717) is 0 Å². The van der Waals surface area contributed by atoms with Gasteiger partial charge >= 0.3 is 0 Å². The van der Waals surface area contributed by atoms with Crippen LogP contribution in [0.4, 0.5) is 0 Å². The smallest absolute Gasteiger partial charge is 0.239 e. The minimum Gasteiger partial charge on any atom is -0.508 e. The van der Waals surface area contributed by atoms with Crippen molar-refractivity contribution in [3.8, 4) is 40.1 Å². The third kappa shape index (κ3) is 5.08. The SMILES string of the molecule is O=c1c(O[C@H]2O[C@@H](CO)[C@@H](O)[C@@H](O)[C@H]2O[C@@H]2OC[C@](O)(CO)[C@H]2O)c(-c2ccc(O)c(O)c2)oc2cc(O)cc(O)c12. The van der Waals surface area contributed by atoms with Gasteiger partial charge in [0.1, 0.15) is 52.5 Å². The highest BCUT2D eigenvalue weighted by atomic mass is 16.8. The average Bonchev–Trinajstić information content (AvgIpc) is 3.23. The van der Waals surface area contributed by atoms with E-state index in [1.807, 2.05) is 0 Å². The molecule has 0 aliphatic carbocycles. The third-order valence-electron chi connectivity index (χ3n) is 7.08. The summed E-state index contributed by atoms with van der Waals surface area (Å²) in [7, 11) is 0. The summed E-state index contributed by atoms with van der Waals surface area (Å²) in [4.78, 5) is 13.7. The maximum absolute atomic E-state index is 13.7. The van der Waals surface area contributed by atoms with Crippen molar-refractivity contribution in [1.29, 1.82) is 0 Å². The average molecular weight is 596 g/mol. The summed E-state index contributed by atoms with van der Waals surface area (Å²) in [6, 6.07) is 5.21. The van der Waals surface area contributed by atoms with Crippen LogP contribution in [0.1, 0.15) is 0 Å². The largest absolute Gasteiger partial charge is 0.508 e. The summed E-state index contributed by atoms with van der Waals surface area (Å²) in [5.74, 6) is -3.39. The first kappa shape index (κ1) is 29.8. The van der Waals surface area contributed by atoms with Crippen LogP contribution < -0.4 is 10.2 Å². The van der Waals surface area contributed by atoms with E-state index in [1.165, 1.54) is 6.07 Å². The zero-order chi connectivity index (χ0) is 30.5. The lowest BCUT2D eigenvalue weighted by Gasteiger charge is -2.42. The lowest BCUT2D eigenvalue weighted by atomic mass is 9.98. The van der Waals surface area contributed by atoms with Crippen molar-refractivity contribution in [3.05, 3.63) is 40.6 Å². The molecule has 42 heavy (non-hydrogen) atoms. The Morgan fingerprint density at radius 1 is 0.929 bits per heavy atom. The second-order valence-electron chi connectivity index (χ2n) is 9.94. The Bertz CT molecular complexity index is 1520. The van der Waals surface area contributed by atoms with E-state index in [1.54, 1.807) is 0 Å². The Morgan fingerprint density at radius 2 is 1.67 bits per heavy atom. The molecule has 16 heteroatoms. The van der Waals surface area contributed by atoms with Gasteiger partial charge in [0.05, 0.1) is 19.8 Å². The number of hydrogen-bond acceptors (Lipinski definition) is 16. The number of rotatable bonds is 7. The number of benzene rings is 2. The summed E-state index contributed by atoms with van der Waals surface area (Å²) in [5, 5.41) is 101. The number of aliphatic hydroxyl groups excluding tert-OH is 5. The minimum atomic E-state index is -2.12. The molecule has 10 N–H and O–H groups in total. The molecule has 2 aromatic carbocycles. The van der Waals surface area contributed by atoms with Gasteiger partial charge in [0.15, 0.2) is 29.7 Å². The number of phenolic OH excluding ortho intramolecular Hbond substituents is 4. The minimum absolute atomic E-state index is 0.0442. The molecule has 3 aromatic rings. The Labute approximate surface area is 235 Å². The number of aliphatic hydroxyl groups is 6. The molecular weight excluding hydrogens is 568 g/mol. The number of fused-ring (bicyclic) bond motifs is 1. The van der Waals surface area contributed by atoms with E-state index in [-0.39, 0.29) is 11.1 Å². The zero-order valence-corrected chi connectivity index (χ0v) is 21.5. The van der Waals surface area contributed by atoms with Crippen molar-refractivity contribution in [1.82, 2.24) is 0 Å². The molecule has 2 fully saturated rings. The van der Waals surface area contributed by atoms with Gasteiger partial charge in [-0.1, -0.05) is 0 Å². The van der Waals surface area contributed by atoms with Crippen molar-refractivity contribution >= 4 is 11.0 Å². The Balaban J connectivity index is 1.62. The molecule has 0 spiro atoms. The predicted octanol–water partition coefficient (Wildman–Crippen LogP) is -2.07. The van der Waals surface area contributed by atoms with Gasteiger partial charge in [-0.25, -0.2) is 0 Å². The van der Waals surface area contributed by atoms with E-state index in [0.717, 1.165) is 24.3 Å². The zero-order valence-electron chi connectivity index (χ0n) is 21.5. The Hall–Kier alpha value is -3.71. The lowest BCUT2D eigenvalue weighted by Crippen LogP contribution is -2.62.